The Morgan fingerprint density at radius 3 is 2.52 bits per heavy atom. The lowest BCUT2D eigenvalue weighted by Crippen LogP contribution is -2.20. The molecular formula is C22H27FO4. The number of halogens is 1. The summed E-state index contributed by atoms with van der Waals surface area (Å²) in [6.07, 6.45) is 1.74. The van der Waals surface area contributed by atoms with Crippen molar-refractivity contribution in [2.75, 3.05) is 0 Å². The van der Waals surface area contributed by atoms with Gasteiger partial charge in [0.15, 0.2) is 0 Å². The molecule has 0 saturated carbocycles. The third-order valence-electron chi connectivity index (χ3n) is 4.81. The SMILES string of the molecule is C=C1OC(C)[C@@H](C)/C(F)=C\C(=C)C(O)CC(O)/C=C/c2cc(O)cc(C)c21. The van der Waals surface area contributed by atoms with E-state index in [2.05, 4.69) is 13.2 Å². The Labute approximate surface area is 159 Å². The Morgan fingerprint density at radius 1 is 1.19 bits per heavy atom. The van der Waals surface area contributed by atoms with Crippen molar-refractivity contribution in [3.8, 4) is 5.75 Å². The van der Waals surface area contributed by atoms with Crippen molar-refractivity contribution >= 4 is 11.8 Å². The average molecular weight is 374 g/mol. The molecule has 0 spiro atoms. The van der Waals surface area contributed by atoms with E-state index in [0.717, 1.165) is 5.56 Å². The number of rotatable bonds is 0. The number of hydrogen-bond donors (Lipinski definition) is 3. The van der Waals surface area contributed by atoms with Crippen LogP contribution in [0.2, 0.25) is 0 Å². The summed E-state index contributed by atoms with van der Waals surface area (Å²) >= 11 is 0. The van der Waals surface area contributed by atoms with E-state index in [-0.39, 0.29) is 17.7 Å². The summed E-state index contributed by atoms with van der Waals surface area (Å²) < 4.78 is 20.4. The fourth-order valence-corrected chi connectivity index (χ4v) is 2.99. The number of ether oxygens (including phenoxy) is 1. The van der Waals surface area contributed by atoms with Crippen LogP contribution in [0.15, 0.2) is 48.8 Å². The predicted octanol–water partition coefficient (Wildman–Crippen LogP) is 4.26. The van der Waals surface area contributed by atoms with Gasteiger partial charge in [-0.05, 0) is 48.8 Å². The highest BCUT2D eigenvalue weighted by Crippen LogP contribution is 2.32. The summed E-state index contributed by atoms with van der Waals surface area (Å²) in [5, 5.41) is 30.3. The molecule has 0 aliphatic carbocycles. The van der Waals surface area contributed by atoms with E-state index in [0.29, 0.717) is 16.9 Å². The molecule has 1 aromatic carbocycles. The molecule has 3 unspecified atom stereocenters. The van der Waals surface area contributed by atoms with Gasteiger partial charge < -0.3 is 20.1 Å². The summed E-state index contributed by atoms with van der Waals surface area (Å²) in [4.78, 5) is 0. The molecule has 27 heavy (non-hydrogen) atoms. The van der Waals surface area contributed by atoms with Gasteiger partial charge in [-0.1, -0.05) is 32.2 Å². The maximum Gasteiger partial charge on any atom is 0.120 e. The third-order valence-corrected chi connectivity index (χ3v) is 4.81. The predicted molar refractivity (Wildman–Crippen MR) is 106 cm³/mol. The largest absolute Gasteiger partial charge is 0.508 e. The van der Waals surface area contributed by atoms with Gasteiger partial charge in [0, 0.05) is 17.9 Å². The number of aryl methyl sites for hydroxylation is 1. The first-order valence-electron chi connectivity index (χ1n) is 8.90. The minimum Gasteiger partial charge on any atom is -0.508 e. The van der Waals surface area contributed by atoms with E-state index in [1.165, 1.54) is 18.2 Å². The van der Waals surface area contributed by atoms with E-state index in [1.807, 2.05) is 6.92 Å². The standard InChI is InChI=1S/C22H27FO4/c1-12-9-20(23)14(3)15(4)27-16(5)22-13(2)8-19(25)10-17(22)6-7-18(24)11-21(12)26/h6-10,14-15,18,21,24-26H,1,5,11H2,2-4H3/b7-6+,20-9+/t14-,15?,18?,21?/m1/s1. The van der Waals surface area contributed by atoms with Gasteiger partial charge in [-0.25, -0.2) is 4.39 Å². The zero-order valence-electron chi connectivity index (χ0n) is 15.9. The van der Waals surface area contributed by atoms with Crippen molar-refractivity contribution < 1.29 is 24.4 Å². The second kappa shape index (κ2) is 8.55. The number of hydrogen-bond acceptors (Lipinski definition) is 4. The highest BCUT2D eigenvalue weighted by molar-refractivity contribution is 5.73. The van der Waals surface area contributed by atoms with Crippen LogP contribution in [0.1, 0.15) is 37.0 Å². The van der Waals surface area contributed by atoms with Crippen LogP contribution in [0.25, 0.3) is 11.8 Å². The third kappa shape index (κ3) is 5.08. The molecule has 0 amide bonds. The lowest BCUT2D eigenvalue weighted by Gasteiger charge is -2.24. The highest BCUT2D eigenvalue weighted by atomic mass is 19.1. The molecule has 0 aromatic heterocycles. The summed E-state index contributed by atoms with van der Waals surface area (Å²) in [7, 11) is 0. The Bertz CT molecular complexity index is 794. The van der Waals surface area contributed by atoms with Crippen molar-refractivity contribution in [3.05, 3.63) is 65.5 Å². The first-order valence-corrected chi connectivity index (χ1v) is 8.90. The number of aliphatic hydroxyl groups is 2. The van der Waals surface area contributed by atoms with Crippen LogP contribution < -0.4 is 0 Å². The summed E-state index contributed by atoms with van der Waals surface area (Å²) in [5.74, 6) is -0.633. The molecule has 1 heterocycles. The lowest BCUT2D eigenvalue weighted by molar-refractivity contribution is 0.126. The van der Waals surface area contributed by atoms with Crippen molar-refractivity contribution in [3.63, 3.8) is 0 Å². The van der Waals surface area contributed by atoms with E-state index in [4.69, 9.17) is 4.74 Å². The van der Waals surface area contributed by atoms with E-state index in [9.17, 15) is 19.7 Å². The van der Waals surface area contributed by atoms with Crippen LogP contribution in [-0.2, 0) is 4.74 Å². The maximum atomic E-state index is 14.5. The van der Waals surface area contributed by atoms with Crippen LogP contribution in [0, 0.1) is 12.8 Å². The van der Waals surface area contributed by atoms with Crippen molar-refractivity contribution in [1.29, 1.82) is 0 Å². The number of aliphatic hydroxyl groups excluding tert-OH is 2. The topological polar surface area (TPSA) is 69.9 Å². The molecule has 0 fully saturated rings. The van der Waals surface area contributed by atoms with Gasteiger partial charge in [0.05, 0.1) is 12.2 Å². The zero-order chi connectivity index (χ0) is 20.3. The summed E-state index contributed by atoms with van der Waals surface area (Å²) in [6, 6.07) is 3.12. The second-order valence-corrected chi connectivity index (χ2v) is 7.04. The van der Waals surface area contributed by atoms with Gasteiger partial charge in [-0.2, -0.15) is 0 Å². The molecule has 1 aromatic rings. The van der Waals surface area contributed by atoms with Gasteiger partial charge >= 0.3 is 0 Å². The second-order valence-electron chi connectivity index (χ2n) is 7.04. The fraction of sp³-hybridized carbons (Fsp3) is 0.364. The molecule has 4 atom stereocenters. The smallest absolute Gasteiger partial charge is 0.120 e. The molecule has 0 radical (unpaired) electrons. The van der Waals surface area contributed by atoms with Crippen molar-refractivity contribution in [1.82, 2.24) is 0 Å². The summed E-state index contributed by atoms with van der Waals surface area (Å²) in [5.41, 5.74) is 2.20. The monoisotopic (exact) mass is 374 g/mol. The molecule has 1 aliphatic rings. The average Bonchev–Trinajstić information content (AvgIpc) is 2.57. The molecule has 0 bridgehead atoms. The van der Waals surface area contributed by atoms with E-state index in [1.54, 1.807) is 26.0 Å². The molecule has 0 saturated heterocycles. The van der Waals surface area contributed by atoms with Crippen LogP contribution >= 0.6 is 0 Å². The number of aromatic hydroxyl groups is 1. The maximum absolute atomic E-state index is 14.5. The number of phenolic OH excluding ortho intramolecular Hbond substituents is 1. The lowest BCUT2D eigenvalue weighted by atomic mass is 9.96. The van der Waals surface area contributed by atoms with Crippen LogP contribution in [0.5, 0.6) is 5.75 Å². The fourth-order valence-electron chi connectivity index (χ4n) is 2.99. The normalized spacial score (nSPS) is 30.5. The van der Waals surface area contributed by atoms with E-state index < -0.39 is 30.1 Å². The Balaban J connectivity index is 2.53. The molecule has 3 N–H and O–H groups in total. The first-order chi connectivity index (χ1) is 12.6. The Morgan fingerprint density at radius 2 is 1.85 bits per heavy atom. The molecule has 2 rings (SSSR count). The van der Waals surface area contributed by atoms with Crippen LogP contribution in [0.3, 0.4) is 0 Å². The van der Waals surface area contributed by atoms with Crippen molar-refractivity contribution in [2.24, 2.45) is 5.92 Å². The molecule has 4 nitrogen and oxygen atoms in total. The first kappa shape index (κ1) is 20.9. The quantitative estimate of drug-likeness (QED) is 0.635. The minimum atomic E-state index is -1.08. The molecule has 146 valence electrons. The van der Waals surface area contributed by atoms with Gasteiger partial charge in [0.25, 0.3) is 0 Å². The highest BCUT2D eigenvalue weighted by Gasteiger charge is 2.23. The zero-order valence-corrected chi connectivity index (χ0v) is 15.9. The number of fused-ring (bicyclic) bond motifs is 1. The van der Waals surface area contributed by atoms with E-state index >= 15 is 0 Å². The number of benzene rings is 1. The summed E-state index contributed by atoms with van der Waals surface area (Å²) in [6.45, 7) is 12.9. The van der Waals surface area contributed by atoms with Crippen LogP contribution in [0.4, 0.5) is 4.39 Å². The molecular weight excluding hydrogens is 347 g/mol. The van der Waals surface area contributed by atoms with Crippen molar-refractivity contribution in [2.45, 2.75) is 45.5 Å². The van der Waals surface area contributed by atoms with Gasteiger partial charge in [0.2, 0.25) is 0 Å². The Hall–Kier alpha value is -2.37. The Kier molecular flexibility index (Phi) is 6.63. The van der Waals surface area contributed by atoms with Crippen LogP contribution in [-0.4, -0.2) is 33.6 Å². The molecule has 1 aliphatic heterocycles. The minimum absolute atomic E-state index is 0.0202. The van der Waals surface area contributed by atoms with Gasteiger partial charge in [0.1, 0.15) is 23.4 Å². The van der Waals surface area contributed by atoms with Gasteiger partial charge in [-0.3, -0.25) is 0 Å². The molecule has 5 heteroatoms. The number of phenols is 1. The van der Waals surface area contributed by atoms with Gasteiger partial charge in [-0.15, -0.1) is 0 Å².